The van der Waals surface area contributed by atoms with Crippen molar-refractivity contribution >= 4 is 5.82 Å². The Hall–Kier alpha value is -2.27. The molecule has 1 aromatic heterocycles. The van der Waals surface area contributed by atoms with E-state index in [9.17, 15) is 0 Å². The van der Waals surface area contributed by atoms with Crippen LogP contribution in [0.3, 0.4) is 0 Å². The molecule has 0 radical (unpaired) electrons. The Balaban J connectivity index is 2.37. The highest BCUT2D eigenvalue weighted by Crippen LogP contribution is 2.37. The molecule has 0 aliphatic rings. The molecule has 5 heteroatoms. The predicted octanol–water partition coefficient (Wildman–Crippen LogP) is 2.67. The van der Waals surface area contributed by atoms with Gasteiger partial charge in [-0.1, -0.05) is 12.1 Å². The molecule has 1 aromatic carbocycles. The summed E-state index contributed by atoms with van der Waals surface area (Å²) in [5.74, 6) is 1.92. The van der Waals surface area contributed by atoms with E-state index in [4.69, 9.17) is 15.2 Å². The smallest absolute Gasteiger partial charge is 0.170 e. The molecule has 0 spiro atoms. The quantitative estimate of drug-likeness (QED) is 0.852. The molecule has 5 nitrogen and oxygen atoms in total. The average Bonchev–Trinajstić information content (AvgIpc) is 2.48. The fourth-order valence-electron chi connectivity index (χ4n) is 2.07. The molecule has 0 fully saturated rings. The number of nitrogens with two attached hydrogens (primary N) is 1. The van der Waals surface area contributed by atoms with E-state index < -0.39 is 0 Å². The number of nitrogens with zero attached hydrogens (tertiary/aromatic N) is 2. The normalized spacial score (nSPS) is 10.7. The summed E-state index contributed by atoms with van der Waals surface area (Å²) in [6, 6.07) is 11.4. The second-order valence-corrected chi connectivity index (χ2v) is 5.17. The third kappa shape index (κ3) is 4.11. The van der Waals surface area contributed by atoms with Crippen LogP contribution in [0.25, 0.3) is 11.3 Å². The molecular formula is C17H23N3O2. The van der Waals surface area contributed by atoms with Crippen LogP contribution < -0.4 is 15.2 Å². The van der Waals surface area contributed by atoms with Crippen molar-refractivity contribution in [3.63, 3.8) is 0 Å². The number of hydrogen-bond acceptors (Lipinski definition) is 5. The lowest BCUT2D eigenvalue weighted by atomic mass is 10.1. The van der Waals surface area contributed by atoms with Gasteiger partial charge in [0.15, 0.2) is 11.5 Å². The summed E-state index contributed by atoms with van der Waals surface area (Å²) in [6.45, 7) is 3.93. The van der Waals surface area contributed by atoms with Crippen LogP contribution in [-0.2, 0) is 0 Å². The van der Waals surface area contributed by atoms with Gasteiger partial charge in [0, 0.05) is 12.1 Å². The van der Waals surface area contributed by atoms with Gasteiger partial charge in [-0.3, -0.25) is 0 Å². The van der Waals surface area contributed by atoms with Gasteiger partial charge in [0.2, 0.25) is 0 Å². The highest BCUT2D eigenvalue weighted by atomic mass is 16.5. The van der Waals surface area contributed by atoms with Crippen LogP contribution in [0.15, 0.2) is 36.4 Å². The average molecular weight is 301 g/mol. The Morgan fingerprint density at radius 2 is 1.86 bits per heavy atom. The standard InChI is InChI=1S/C17H23N3O2/c1-4-21-15-9-5-7-13(14-8-6-10-16(18)19-14)17(15)22-12-11-20(2)3/h5-10H,4,11-12H2,1-3H3,(H2,18,19). The van der Waals surface area contributed by atoms with E-state index in [-0.39, 0.29) is 0 Å². The number of hydrogen-bond donors (Lipinski definition) is 1. The molecule has 0 saturated heterocycles. The molecule has 2 rings (SSSR count). The topological polar surface area (TPSA) is 60.6 Å². The van der Waals surface area contributed by atoms with Crippen molar-refractivity contribution < 1.29 is 9.47 Å². The van der Waals surface area contributed by atoms with Gasteiger partial charge in [0.05, 0.1) is 12.3 Å². The summed E-state index contributed by atoms with van der Waals surface area (Å²) in [7, 11) is 4.02. The molecule has 0 atom stereocenters. The number of pyridine rings is 1. The van der Waals surface area contributed by atoms with Crippen molar-refractivity contribution in [2.24, 2.45) is 0 Å². The van der Waals surface area contributed by atoms with Gasteiger partial charge in [-0.15, -0.1) is 0 Å². The van der Waals surface area contributed by atoms with Crippen molar-refractivity contribution in [1.82, 2.24) is 9.88 Å². The molecule has 0 bridgehead atoms. The second kappa shape index (κ2) is 7.66. The molecule has 0 saturated carbocycles. The molecule has 118 valence electrons. The Labute approximate surface area is 131 Å². The van der Waals surface area contributed by atoms with Gasteiger partial charge in [-0.2, -0.15) is 0 Å². The van der Waals surface area contributed by atoms with Crippen LogP contribution in [0.1, 0.15) is 6.92 Å². The summed E-state index contributed by atoms with van der Waals surface area (Å²) in [5.41, 5.74) is 7.46. The summed E-state index contributed by atoms with van der Waals surface area (Å²) >= 11 is 0. The molecule has 1 heterocycles. The Kier molecular flexibility index (Phi) is 5.61. The van der Waals surface area contributed by atoms with Gasteiger partial charge in [-0.25, -0.2) is 4.98 Å². The minimum absolute atomic E-state index is 0.485. The molecule has 2 aromatic rings. The van der Waals surface area contributed by atoms with Crippen molar-refractivity contribution in [1.29, 1.82) is 0 Å². The number of ether oxygens (including phenoxy) is 2. The number of nitrogen functional groups attached to an aromatic ring is 1. The van der Waals surface area contributed by atoms with E-state index in [1.807, 2.05) is 51.4 Å². The summed E-state index contributed by atoms with van der Waals surface area (Å²) in [5, 5.41) is 0. The molecule has 0 aliphatic carbocycles. The minimum Gasteiger partial charge on any atom is -0.490 e. The van der Waals surface area contributed by atoms with Crippen molar-refractivity contribution in [2.45, 2.75) is 6.92 Å². The van der Waals surface area contributed by atoms with E-state index in [1.165, 1.54) is 0 Å². The zero-order valence-electron chi connectivity index (χ0n) is 13.4. The molecule has 0 amide bonds. The SMILES string of the molecule is CCOc1cccc(-c2cccc(N)n2)c1OCCN(C)C. The Bertz CT molecular complexity index is 615. The maximum absolute atomic E-state index is 5.98. The third-order valence-electron chi connectivity index (χ3n) is 3.11. The highest BCUT2D eigenvalue weighted by Gasteiger charge is 2.14. The number of aromatic nitrogens is 1. The number of benzene rings is 1. The molecule has 0 aliphatic heterocycles. The second-order valence-electron chi connectivity index (χ2n) is 5.17. The fraction of sp³-hybridized carbons (Fsp3) is 0.353. The molecule has 0 unspecified atom stereocenters. The predicted molar refractivity (Wildman–Crippen MR) is 89.3 cm³/mol. The van der Waals surface area contributed by atoms with Gasteiger partial charge < -0.3 is 20.1 Å². The largest absolute Gasteiger partial charge is 0.490 e. The zero-order chi connectivity index (χ0) is 15.9. The van der Waals surface area contributed by atoms with Crippen molar-refractivity contribution in [3.8, 4) is 22.8 Å². The lowest BCUT2D eigenvalue weighted by molar-refractivity contribution is 0.245. The monoisotopic (exact) mass is 301 g/mol. The lowest BCUT2D eigenvalue weighted by Gasteiger charge is -2.17. The molecular weight excluding hydrogens is 278 g/mol. The van der Waals surface area contributed by atoms with Gasteiger partial charge in [-0.05, 0) is 45.3 Å². The van der Waals surface area contributed by atoms with Gasteiger partial charge in [0.1, 0.15) is 12.4 Å². The summed E-state index contributed by atoms with van der Waals surface area (Å²) in [4.78, 5) is 6.45. The highest BCUT2D eigenvalue weighted by molar-refractivity contribution is 5.71. The Morgan fingerprint density at radius 3 is 2.55 bits per heavy atom. The fourth-order valence-corrected chi connectivity index (χ4v) is 2.07. The maximum atomic E-state index is 5.98. The van der Waals surface area contributed by atoms with Crippen LogP contribution in [0.5, 0.6) is 11.5 Å². The van der Waals surface area contributed by atoms with E-state index in [1.54, 1.807) is 6.07 Å². The lowest BCUT2D eigenvalue weighted by Crippen LogP contribution is -2.19. The number of rotatable bonds is 7. The van der Waals surface area contributed by atoms with Crippen LogP contribution in [0.2, 0.25) is 0 Å². The minimum atomic E-state index is 0.485. The van der Waals surface area contributed by atoms with Crippen molar-refractivity contribution in [2.75, 3.05) is 39.6 Å². The number of likely N-dealkylation sites (N-methyl/N-ethyl adjacent to an activating group) is 1. The van der Waals surface area contributed by atoms with E-state index in [2.05, 4.69) is 9.88 Å². The van der Waals surface area contributed by atoms with Crippen LogP contribution in [0, 0.1) is 0 Å². The maximum Gasteiger partial charge on any atom is 0.170 e. The van der Waals surface area contributed by atoms with Gasteiger partial charge in [0.25, 0.3) is 0 Å². The van der Waals surface area contributed by atoms with Crippen LogP contribution in [0.4, 0.5) is 5.82 Å². The first kappa shape index (κ1) is 16.1. The van der Waals surface area contributed by atoms with Crippen LogP contribution in [-0.4, -0.2) is 43.7 Å². The molecule has 2 N–H and O–H groups in total. The van der Waals surface area contributed by atoms with E-state index in [0.29, 0.717) is 24.8 Å². The molecule has 22 heavy (non-hydrogen) atoms. The number of para-hydroxylation sites is 1. The zero-order valence-corrected chi connectivity index (χ0v) is 13.4. The first-order valence-corrected chi connectivity index (χ1v) is 7.38. The van der Waals surface area contributed by atoms with E-state index in [0.717, 1.165) is 23.6 Å². The van der Waals surface area contributed by atoms with Gasteiger partial charge >= 0.3 is 0 Å². The van der Waals surface area contributed by atoms with E-state index >= 15 is 0 Å². The van der Waals surface area contributed by atoms with Crippen molar-refractivity contribution in [3.05, 3.63) is 36.4 Å². The Morgan fingerprint density at radius 1 is 1.09 bits per heavy atom. The third-order valence-corrected chi connectivity index (χ3v) is 3.11. The first-order chi connectivity index (χ1) is 10.6. The number of anilines is 1. The van der Waals surface area contributed by atoms with Crippen LogP contribution >= 0.6 is 0 Å². The summed E-state index contributed by atoms with van der Waals surface area (Å²) in [6.07, 6.45) is 0. The summed E-state index contributed by atoms with van der Waals surface area (Å²) < 4.78 is 11.7. The first-order valence-electron chi connectivity index (χ1n) is 7.38.